The number of rotatable bonds is 4. The Bertz CT molecular complexity index is 516. The van der Waals surface area contributed by atoms with Crippen molar-refractivity contribution in [2.24, 2.45) is 0 Å². The summed E-state index contributed by atoms with van der Waals surface area (Å²) in [7, 11) is 0. The van der Waals surface area contributed by atoms with Crippen molar-refractivity contribution in [3.8, 4) is 0 Å². The maximum atomic E-state index is 13.3. The second-order valence-electron chi connectivity index (χ2n) is 4.13. The Balaban J connectivity index is 1.97. The summed E-state index contributed by atoms with van der Waals surface area (Å²) in [6.07, 6.45) is 3.52. The van der Waals surface area contributed by atoms with Gasteiger partial charge in [0.05, 0.1) is 5.02 Å². The fourth-order valence-corrected chi connectivity index (χ4v) is 1.81. The van der Waals surface area contributed by atoms with Crippen LogP contribution in [0.3, 0.4) is 0 Å². The van der Waals surface area contributed by atoms with Crippen molar-refractivity contribution in [2.75, 3.05) is 0 Å². The number of hydrogen-bond acceptors (Lipinski definition) is 2. The fraction of sp³-hybridized carbons (Fsp3) is 0.214. The molecule has 4 heteroatoms. The predicted octanol–water partition coefficient (Wildman–Crippen LogP) is 3.72. The molecule has 0 saturated carbocycles. The summed E-state index contributed by atoms with van der Waals surface area (Å²) in [4.78, 5) is 3.98. The zero-order chi connectivity index (χ0) is 13.0. The number of hydrogen-bond donors (Lipinski definition) is 1. The lowest BCUT2D eigenvalue weighted by atomic mass is 10.1. The van der Waals surface area contributed by atoms with Gasteiger partial charge in [-0.05, 0) is 42.3 Å². The molecule has 0 aliphatic rings. The Morgan fingerprint density at radius 3 is 2.67 bits per heavy atom. The number of aromatic nitrogens is 1. The molecular formula is C14H14ClFN2. The molecule has 18 heavy (non-hydrogen) atoms. The van der Waals surface area contributed by atoms with E-state index in [-0.39, 0.29) is 16.9 Å². The van der Waals surface area contributed by atoms with E-state index >= 15 is 0 Å². The van der Waals surface area contributed by atoms with E-state index in [4.69, 9.17) is 11.6 Å². The van der Waals surface area contributed by atoms with Crippen molar-refractivity contribution in [3.63, 3.8) is 0 Å². The molecule has 0 radical (unpaired) electrons. The summed E-state index contributed by atoms with van der Waals surface area (Å²) in [5, 5.41) is 3.48. The fourth-order valence-electron chi connectivity index (χ4n) is 1.69. The van der Waals surface area contributed by atoms with Gasteiger partial charge in [0.1, 0.15) is 5.82 Å². The highest BCUT2D eigenvalue weighted by molar-refractivity contribution is 6.30. The topological polar surface area (TPSA) is 24.9 Å². The molecule has 1 N–H and O–H groups in total. The summed E-state index contributed by atoms with van der Waals surface area (Å²) < 4.78 is 13.3. The number of halogens is 2. The first kappa shape index (κ1) is 13.0. The maximum Gasteiger partial charge on any atom is 0.142 e. The van der Waals surface area contributed by atoms with Gasteiger partial charge in [0.15, 0.2) is 0 Å². The van der Waals surface area contributed by atoms with E-state index in [0.29, 0.717) is 6.54 Å². The summed E-state index contributed by atoms with van der Waals surface area (Å²) in [5.41, 5.74) is 2.03. The zero-order valence-corrected chi connectivity index (χ0v) is 10.8. The molecule has 1 heterocycles. The minimum absolute atomic E-state index is 0.154. The van der Waals surface area contributed by atoms with Crippen LogP contribution in [0.4, 0.5) is 4.39 Å². The lowest BCUT2D eigenvalue weighted by Crippen LogP contribution is -2.18. The lowest BCUT2D eigenvalue weighted by Gasteiger charge is -2.14. The van der Waals surface area contributed by atoms with Crippen molar-refractivity contribution >= 4 is 11.6 Å². The van der Waals surface area contributed by atoms with E-state index in [0.717, 1.165) is 11.1 Å². The Hall–Kier alpha value is -1.45. The quantitative estimate of drug-likeness (QED) is 0.910. The molecule has 0 aliphatic carbocycles. The first-order valence-corrected chi connectivity index (χ1v) is 6.12. The van der Waals surface area contributed by atoms with Crippen LogP contribution < -0.4 is 5.32 Å². The van der Waals surface area contributed by atoms with Crippen molar-refractivity contribution in [2.45, 2.75) is 19.5 Å². The van der Waals surface area contributed by atoms with Gasteiger partial charge in [-0.15, -0.1) is 0 Å². The van der Waals surface area contributed by atoms with Crippen LogP contribution in [0.5, 0.6) is 0 Å². The number of nitrogens with zero attached hydrogens (tertiary/aromatic N) is 1. The van der Waals surface area contributed by atoms with Gasteiger partial charge in [-0.1, -0.05) is 17.7 Å². The standard InChI is InChI=1S/C14H14ClFN2/c1-10(12-4-6-17-7-5-12)18-9-11-2-3-13(15)14(16)8-11/h2-8,10,18H,9H2,1H3. The molecular weight excluding hydrogens is 251 g/mol. The lowest BCUT2D eigenvalue weighted by molar-refractivity contribution is 0.569. The molecule has 94 valence electrons. The van der Waals surface area contributed by atoms with Crippen LogP contribution >= 0.6 is 11.6 Å². The number of benzene rings is 1. The molecule has 2 rings (SSSR count). The second-order valence-corrected chi connectivity index (χ2v) is 4.54. The van der Waals surface area contributed by atoms with Gasteiger partial charge in [-0.2, -0.15) is 0 Å². The molecule has 2 aromatic rings. The molecule has 0 aliphatic heterocycles. The third kappa shape index (κ3) is 3.28. The summed E-state index contributed by atoms with van der Waals surface area (Å²) in [5.74, 6) is -0.382. The Morgan fingerprint density at radius 1 is 1.28 bits per heavy atom. The SMILES string of the molecule is CC(NCc1ccc(Cl)c(F)c1)c1ccncc1. The molecule has 0 saturated heterocycles. The van der Waals surface area contributed by atoms with E-state index in [1.54, 1.807) is 18.5 Å². The van der Waals surface area contributed by atoms with Crippen LogP contribution in [0.2, 0.25) is 5.02 Å². The van der Waals surface area contributed by atoms with E-state index in [1.165, 1.54) is 6.07 Å². The largest absolute Gasteiger partial charge is 0.306 e. The number of pyridine rings is 1. The highest BCUT2D eigenvalue weighted by atomic mass is 35.5. The average molecular weight is 265 g/mol. The smallest absolute Gasteiger partial charge is 0.142 e. The van der Waals surface area contributed by atoms with Gasteiger partial charge < -0.3 is 5.32 Å². The van der Waals surface area contributed by atoms with E-state index in [2.05, 4.69) is 17.2 Å². The van der Waals surface area contributed by atoms with E-state index in [1.807, 2.05) is 18.2 Å². The Kier molecular flexibility index (Phi) is 4.28. The zero-order valence-electron chi connectivity index (χ0n) is 10.0. The number of nitrogens with one attached hydrogen (secondary N) is 1. The molecule has 2 nitrogen and oxygen atoms in total. The van der Waals surface area contributed by atoms with Crippen molar-refractivity contribution in [1.82, 2.24) is 10.3 Å². The van der Waals surface area contributed by atoms with Crippen molar-refractivity contribution in [3.05, 3.63) is 64.7 Å². The molecule has 1 aromatic carbocycles. The Labute approximate surface area is 111 Å². The normalized spacial score (nSPS) is 12.4. The molecule has 0 bridgehead atoms. The summed E-state index contributed by atoms with van der Waals surface area (Å²) in [6, 6.07) is 8.95. The Morgan fingerprint density at radius 2 is 2.00 bits per heavy atom. The van der Waals surface area contributed by atoms with Crippen LogP contribution in [0.25, 0.3) is 0 Å². The second kappa shape index (κ2) is 5.94. The molecule has 1 atom stereocenters. The van der Waals surface area contributed by atoms with Crippen molar-refractivity contribution < 1.29 is 4.39 Å². The molecule has 1 unspecified atom stereocenters. The molecule has 0 fully saturated rings. The van der Waals surface area contributed by atoms with Crippen molar-refractivity contribution in [1.29, 1.82) is 0 Å². The minimum Gasteiger partial charge on any atom is -0.306 e. The van der Waals surface area contributed by atoms with Gasteiger partial charge in [0, 0.05) is 25.0 Å². The highest BCUT2D eigenvalue weighted by Crippen LogP contribution is 2.16. The summed E-state index contributed by atoms with van der Waals surface area (Å²) in [6.45, 7) is 2.65. The van der Waals surface area contributed by atoms with Gasteiger partial charge in [-0.25, -0.2) is 4.39 Å². The molecule has 0 amide bonds. The first-order valence-electron chi connectivity index (χ1n) is 5.74. The van der Waals surface area contributed by atoms with Gasteiger partial charge in [0.25, 0.3) is 0 Å². The van der Waals surface area contributed by atoms with Crippen LogP contribution in [0, 0.1) is 5.82 Å². The third-order valence-electron chi connectivity index (χ3n) is 2.80. The van der Waals surface area contributed by atoms with Gasteiger partial charge in [-0.3, -0.25) is 4.98 Å². The monoisotopic (exact) mass is 264 g/mol. The van der Waals surface area contributed by atoms with Crippen LogP contribution in [0.1, 0.15) is 24.1 Å². The average Bonchev–Trinajstić information content (AvgIpc) is 2.41. The maximum absolute atomic E-state index is 13.3. The summed E-state index contributed by atoms with van der Waals surface area (Å²) >= 11 is 5.64. The van der Waals surface area contributed by atoms with Crippen LogP contribution in [0.15, 0.2) is 42.7 Å². The first-order chi connectivity index (χ1) is 8.66. The highest BCUT2D eigenvalue weighted by Gasteiger charge is 2.05. The van der Waals surface area contributed by atoms with Gasteiger partial charge >= 0.3 is 0 Å². The predicted molar refractivity (Wildman–Crippen MR) is 70.9 cm³/mol. The van der Waals surface area contributed by atoms with E-state index in [9.17, 15) is 4.39 Å². The van der Waals surface area contributed by atoms with Crippen LogP contribution in [-0.4, -0.2) is 4.98 Å². The molecule has 0 spiro atoms. The minimum atomic E-state index is -0.382. The van der Waals surface area contributed by atoms with Crippen LogP contribution in [-0.2, 0) is 6.54 Å². The van der Waals surface area contributed by atoms with Gasteiger partial charge in [0.2, 0.25) is 0 Å². The van der Waals surface area contributed by atoms with E-state index < -0.39 is 0 Å². The third-order valence-corrected chi connectivity index (χ3v) is 3.11. The molecule has 1 aromatic heterocycles.